The van der Waals surface area contributed by atoms with Gasteiger partial charge in [-0.2, -0.15) is 0 Å². The lowest BCUT2D eigenvalue weighted by atomic mass is 9.94. The zero-order valence-corrected chi connectivity index (χ0v) is 12.2. The fourth-order valence-electron chi connectivity index (χ4n) is 2.74. The Morgan fingerprint density at radius 1 is 1.41 bits per heavy atom. The van der Waals surface area contributed by atoms with E-state index in [2.05, 4.69) is 58.9 Å². The normalized spacial score (nSPS) is 28.0. The van der Waals surface area contributed by atoms with Crippen LogP contribution in [0, 0.1) is 5.92 Å². The molecule has 1 heterocycles. The highest BCUT2D eigenvalue weighted by Gasteiger charge is 2.26. The fourth-order valence-corrected chi connectivity index (χ4v) is 3.15. The molecule has 0 aromatic heterocycles. The van der Waals surface area contributed by atoms with Crippen LogP contribution in [0.5, 0.6) is 0 Å². The minimum absolute atomic E-state index is 0.327. The van der Waals surface area contributed by atoms with Gasteiger partial charge in [0.25, 0.3) is 0 Å². The number of hydrogen-bond donors (Lipinski definition) is 1. The quantitative estimate of drug-likeness (QED) is 0.908. The first kappa shape index (κ1) is 13.1. The second-order valence-electron chi connectivity index (χ2n) is 5.29. The van der Waals surface area contributed by atoms with E-state index in [4.69, 9.17) is 5.73 Å². The van der Waals surface area contributed by atoms with Crippen LogP contribution in [0.4, 0.5) is 0 Å². The van der Waals surface area contributed by atoms with Crippen LogP contribution < -0.4 is 5.73 Å². The van der Waals surface area contributed by atoms with E-state index in [-0.39, 0.29) is 0 Å². The molecular formula is C14H21BrN2. The Balaban J connectivity index is 2.11. The molecule has 0 amide bonds. The lowest BCUT2D eigenvalue weighted by Crippen LogP contribution is -2.47. The summed E-state index contributed by atoms with van der Waals surface area (Å²) in [6.07, 6.45) is 1.15. The Hall–Kier alpha value is -0.380. The molecule has 1 aliphatic rings. The van der Waals surface area contributed by atoms with Crippen LogP contribution >= 0.6 is 15.9 Å². The maximum absolute atomic E-state index is 6.11. The highest BCUT2D eigenvalue weighted by Crippen LogP contribution is 2.27. The highest BCUT2D eigenvalue weighted by atomic mass is 79.9. The second-order valence-corrected chi connectivity index (χ2v) is 6.20. The van der Waals surface area contributed by atoms with Crippen molar-refractivity contribution in [3.63, 3.8) is 0 Å². The van der Waals surface area contributed by atoms with E-state index in [9.17, 15) is 0 Å². The minimum atomic E-state index is 0.327. The molecule has 3 atom stereocenters. The third-order valence-corrected chi connectivity index (χ3v) is 4.09. The molecule has 1 aliphatic heterocycles. The highest BCUT2D eigenvalue weighted by molar-refractivity contribution is 9.10. The first-order valence-electron chi connectivity index (χ1n) is 6.31. The van der Waals surface area contributed by atoms with Crippen molar-refractivity contribution in [1.29, 1.82) is 0 Å². The zero-order valence-electron chi connectivity index (χ0n) is 10.6. The van der Waals surface area contributed by atoms with Crippen molar-refractivity contribution >= 4 is 15.9 Å². The third-order valence-electron chi connectivity index (χ3n) is 3.60. The van der Waals surface area contributed by atoms with Gasteiger partial charge in [-0.3, -0.25) is 4.90 Å². The SMILES string of the molecule is CC1CC(N)CN(C(C)c2cccc(Br)c2)C1. The van der Waals surface area contributed by atoms with E-state index in [1.807, 2.05) is 0 Å². The molecule has 1 aromatic carbocycles. The van der Waals surface area contributed by atoms with Gasteiger partial charge in [-0.05, 0) is 37.0 Å². The van der Waals surface area contributed by atoms with Crippen molar-refractivity contribution in [2.24, 2.45) is 11.7 Å². The number of rotatable bonds is 2. The molecule has 94 valence electrons. The predicted octanol–water partition coefficient (Wildman–Crippen LogP) is 3.18. The maximum atomic E-state index is 6.11. The van der Waals surface area contributed by atoms with E-state index in [0.717, 1.165) is 24.0 Å². The Morgan fingerprint density at radius 3 is 2.82 bits per heavy atom. The lowest BCUT2D eigenvalue weighted by Gasteiger charge is -2.38. The largest absolute Gasteiger partial charge is 0.327 e. The van der Waals surface area contributed by atoms with Gasteiger partial charge in [0.2, 0.25) is 0 Å². The smallest absolute Gasteiger partial charge is 0.0321 e. The van der Waals surface area contributed by atoms with Crippen molar-refractivity contribution < 1.29 is 0 Å². The number of nitrogens with two attached hydrogens (primary N) is 1. The monoisotopic (exact) mass is 296 g/mol. The number of likely N-dealkylation sites (tertiary alicyclic amines) is 1. The van der Waals surface area contributed by atoms with Crippen LogP contribution in [0.3, 0.4) is 0 Å². The van der Waals surface area contributed by atoms with Gasteiger partial charge in [0.1, 0.15) is 0 Å². The van der Waals surface area contributed by atoms with E-state index in [0.29, 0.717) is 18.0 Å². The van der Waals surface area contributed by atoms with E-state index in [1.165, 1.54) is 5.56 Å². The van der Waals surface area contributed by atoms with Gasteiger partial charge in [0.05, 0.1) is 0 Å². The lowest BCUT2D eigenvalue weighted by molar-refractivity contribution is 0.124. The van der Waals surface area contributed by atoms with E-state index >= 15 is 0 Å². The summed E-state index contributed by atoms with van der Waals surface area (Å²) in [5, 5.41) is 0. The molecule has 0 saturated carbocycles. The minimum Gasteiger partial charge on any atom is -0.327 e. The first-order valence-corrected chi connectivity index (χ1v) is 7.10. The van der Waals surface area contributed by atoms with Gasteiger partial charge >= 0.3 is 0 Å². The molecule has 0 radical (unpaired) electrons. The maximum Gasteiger partial charge on any atom is 0.0321 e. The topological polar surface area (TPSA) is 29.3 Å². The molecule has 1 aromatic rings. The molecule has 3 heteroatoms. The molecule has 0 bridgehead atoms. The molecule has 3 unspecified atom stereocenters. The van der Waals surface area contributed by atoms with Gasteiger partial charge in [0, 0.05) is 29.6 Å². The summed E-state index contributed by atoms with van der Waals surface area (Å²) in [5.74, 6) is 0.702. The van der Waals surface area contributed by atoms with Gasteiger partial charge in [-0.15, -0.1) is 0 Å². The molecular weight excluding hydrogens is 276 g/mol. The number of nitrogens with zero attached hydrogens (tertiary/aromatic N) is 1. The van der Waals surface area contributed by atoms with Crippen LogP contribution in [0.25, 0.3) is 0 Å². The number of hydrogen-bond acceptors (Lipinski definition) is 2. The molecule has 0 spiro atoms. The van der Waals surface area contributed by atoms with Crippen molar-refractivity contribution in [3.05, 3.63) is 34.3 Å². The van der Waals surface area contributed by atoms with Crippen LogP contribution in [-0.4, -0.2) is 24.0 Å². The molecule has 1 fully saturated rings. The summed E-state index contributed by atoms with van der Waals surface area (Å²) in [7, 11) is 0. The molecule has 2 N–H and O–H groups in total. The summed E-state index contributed by atoms with van der Waals surface area (Å²) < 4.78 is 1.15. The average Bonchev–Trinajstić information content (AvgIpc) is 2.26. The Bertz CT molecular complexity index is 370. The standard InChI is InChI=1S/C14H21BrN2/c1-10-6-14(16)9-17(8-10)11(2)12-4-3-5-13(15)7-12/h3-5,7,10-11,14H,6,8-9,16H2,1-2H3. The van der Waals surface area contributed by atoms with Gasteiger partial charge in [-0.1, -0.05) is 35.0 Å². The molecule has 1 saturated heterocycles. The van der Waals surface area contributed by atoms with Crippen LogP contribution in [0.1, 0.15) is 31.9 Å². The molecule has 2 nitrogen and oxygen atoms in total. The van der Waals surface area contributed by atoms with Crippen LogP contribution in [-0.2, 0) is 0 Å². The van der Waals surface area contributed by atoms with E-state index < -0.39 is 0 Å². The summed E-state index contributed by atoms with van der Waals surface area (Å²) >= 11 is 3.53. The summed E-state index contributed by atoms with van der Waals surface area (Å²) in [6.45, 7) is 6.73. The van der Waals surface area contributed by atoms with Crippen molar-refractivity contribution in [2.75, 3.05) is 13.1 Å². The summed E-state index contributed by atoms with van der Waals surface area (Å²) in [5.41, 5.74) is 7.47. The van der Waals surface area contributed by atoms with Gasteiger partial charge in [-0.25, -0.2) is 0 Å². The van der Waals surface area contributed by atoms with Gasteiger partial charge < -0.3 is 5.73 Å². The summed E-state index contributed by atoms with van der Waals surface area (Å²) in [6, 6.07) is 9.34. The van der Waals surface area contributed by atoms with Crippen molar-refractivity contribution in [2.45, 2.75) is 32.4 Å². The Morgan fingerprint density at radius 2 is 2.18 bits per heavy atom. The van der Waals surface area contributed by atoms with Crippen LogP contribution in [0.2, 0.25) is 0 Å². The number of halogens is 1. The Kier molecular flexibility index (Phi) is 4.23. The second kappa shape index (κ2) is 5.51. The summed E-state index contributed by atoms with van der Waals surface area (Å²) in [4.78, 5) is 2.50. The van der Waals surface area contributed by atoms with Gasteiger partial charge in [0.15, 0.2) is 0 Å². The van der Waals surface area contributed by atoms with Crippen molar-refractivity contribution in [1.82, 2.24) is 4.90 Å². The third kappa shape index (κ3) is 3.30. The molecule has 2 rings (SSSR count). The molecule has 17 heavy (non-hydrogen) atoms. The van der Waals surface area contributed by atoms with Crippen LogP contribution in [0.15, 0.2) is 28.7 Å². The fraction of sp³-hybridized carbons (Fsp3) is 0.571. The van der Waals surface area contributed by atoms with E-state index in [1.54, 1.807) is 0 Å². The molecule has 0 aliphatic carbocycles. The number of benzene rings is 1. The average molecular weight is 297 g/mol. The Labute approximate surface area is 112 Å². The predicted molar refractivity (Wildman–Crippen MR) is 75.9 cm³/mol. The first-order chi connectivity index (χ1) is 8.06. The number of piperidine rings is 1. The van der Waals surface area contributed by atoms with Crippen molar-refractivity contribution in [3.8, 4) is 0 Å². The zero-order chi connectivity index (χ0) is 12.4.